The van der Waals surface area contributed by atoms with E-state index in [9.17, 15) is 9.59 Å². The van der Waals surface area contributed by atoms with Gasteiger partial charge in [-0.15, -0.1) is 5.92 Å². The fraction of sp³-hybridized carbons (Fsp3) is 0.571. The summed E-state index contributed by atoms with van der Waals surface area (Å²) in [7, 11) is 5.42. The molecule has 0 aromatic rings. The van der Waals surface area contributed by atoms with E-state index in [-0.39, 0.29) is 69.8 Å². The molecule has 0 aromatic heterocycles. The predicted molar refractivity (Wildman–Crippen MR) is 76.0 cm³/mol. The minimum atomic E-state index is -0.448. The van der Waals surface area contributed by atoms with Gasteiger partial charge in [-0.25, -0.2) is 0 Å². The maximum Gasteiger partial charge on any atom is 0.239 e. The maximum atomic E-state index is 12.4. The van der Waals surface area contributed by atoms with Crippen molar-refractivity contribution < 1.29 is 42.3 Å². The fourth-order valence-electron chi connectivity index (χ4n) is 2.89. The molecule has 0 bridgehead atoms. The standard InChI is InChI=1S/C13H18BN2O2.CH3.Y/c1-8-7-12(9(2)17)16-11(8)6-4-3-5-10(15-14)13(16)18;;/h3-4,8,10-12,15H,1,5-7H2,2H3;1H3;/q2*-1;/b4-3-;;/t8?,10?,11?,12-;;/m0../s1. The smallest absolute Gasteiger partial charge is 0.239 e. The second kappa shape index (κ2) is 8.45. The van der Waals surface area contributed by atoms with Gasteiger partial charge < -0.3 is 24.5 Å². The molecule has 0 spiro atoms. The summed E-state index contributed by atoms with van der Waals surface area (Å²) in [6.45, 7) is 5.61. The molecule has 3 unspecified atom stereocenters. The number of amides is 1. The van der Waals surface area contributed by atoms with Gasteiger partial charge in [-0.05, 0) is 26.2 Å². The molecule has 0 saturated carbocycles. The molecule has 2 rings (SSSR count). The Morgan fingerprint density at radius 3 is 2.60 bits per heavy atom. The summed E-state index contributed by atoms with van der Waals surface area (Å²) in [6.07, 6.45) is 5.99. The summed E-state index contributed by atoms with van der Waals surface area (Å²) in [5.74, 6) is 0.0436. The van der Waals surface area contributed by atoms with Crippen LogP contribution in [0.4, 0.5) is 0 Å². The van der Waals surface area contributed by atoms with Crippen molar-refractivity contribution in [1.29, 1.82) is 0 Å². The van der Waals surface area contributed by atoms with Crippen molar-refractivity contribution in [2.75, 3.05) is 0 Å². The Labute approximate surface area is 148 Å². The van der Waals surface area contributed by atoms with Crippen molar-refractivity contribution in [3.63, 3.8) is 0 Å². The average molecular weight is 349 g/mol. The van der Waals surface area contributed by atoms with Gasteiger partial charge in [-0.3, -0.25) is 9.59 Å². The number of Topliss-reactive ketones (excluding diaryl/α,β-unsaturated/α-hetero) is 1. The summed E-state index contributed by atoms with van der Waals surface area (Å²) in [5, 5.41) is 2.53. The molecule has 107 valence electrons. The zero-order valence-corrected chi connectivity index (χ0v) is 15.0. The molecule has 4 atom stereocenters. The Kier molecular flexibility index (Phi) is 8.45. The normalized spacial score (nSPS) is 34.1. The SMILES string of the molecule is [B]NC1C/C=C\CC2C([CH2-])C[C@@H](C(C)=O)N2C1=O.[CH3-].[Y]. The van der Waals surface area contributed by atoms with Crippen molar-refractivity contribution >= 4 is 19.7 Å². The number of rotatable bonds is 2. The van der Waals surface area contributed by atoms with Crippen molar-refractivity contribution in [2.24, 2.45) is 5.92 Å². The summed E-state index contributed by atoms with van der Waals surface area (Å²) in [5.41, 5.74) is 0. The third-order valence-corrected chi connectivity index (χ3v) is 3.90. The molecule has 3 radical (unpaired) electrons. The first-order valence-electron chi connectivity index (χ1n) is 6.33. The van der Waals surface area contributed by atoms with E-state index in [1.54, 1.807) is 4.90 Å². The third-order valence-electron chi connectivity index (χ3n) is 3.90. The number of hydrogen-bond acceptors (Lipinski definition) is 3. The number of ketones is 1. The van der Waals surface area contributed by atoms with Crippen LogP contribution < -0.4 is 5.23 Å². The Bertz CT molecular complexity index is 389. The van der Waals surface area contributed by atoms with Gasteiger partial charge in [-0.1, -0.05) is 12.2 Å². The van der Waals surface area contributed by atoms with Gasteiger partial charge in [0.25, 0.3) is 0 Å². The number of hydrogen-bond donors (Lipinski definition) is 1. The number of fused-ring (bicyclic) bond motifs is 1. The molecule has 1 N–H and O–H groups in total. The molecule has 1 fully saturated rings. The van der Waals surface area contributed by atoms with Crippen LogP contribution in [0.25, 0.3) is 0 Å². The van der Waals surface area contributed by atoms with Crippen LogP contribution in [-0.2, 0) is 42.3 Å². The number of carbonyl (C=O) groups excluding carboxylic acids is 2. The molecule has 1 amide bonds. The molecule has 2 heterocycles. The molecule has 4 nitrogen and oxygen atoms in total. The third kappa shape index (κ3) is 3.80. The van der Waals surface area contributed by atoms with Crippen molar-refractivity contribution in [1.82, 2.24) is 10.1 Å². The van der Waals surface area contributed by atoms with E-state index in [1.807, 2.05) is 6.08 Å². The van der Waals surface area contributed by atoms with E-state index >= 15 is 0 Å². The zero-order valence-electron chi connectivity index (χ0n) is 12.2. The van der Waals surface area contributed by atoms with Crippen LogP contribution in [0, 0.1) is 20.3 Å². The molecule has 0 aromatic carbocycles. The van der Waals surface area contributed by atoms with E-state index in [1.165, 1.54) is 6.92 Å². The minimum absolute atomic E-state index is 0. The Hall–Kier alpha value is 0.00883. The Morgan fingerprint density at radius 2 is 2.05 bits per heavy atom. The minimum Gasteiger partial charge on any atom is -0.358 e. The van der Waals surface area contributed by atoms with E-state index in [0.717, 1.165) is 6.42 Å². The molecule has 0 aliphatic carbocycles. The zero-order chi connectivity index (χ0) is 13.3. The number of nitrogens with zero attached hydrogens (tertiary/aromatic N) is 1. The first-order chi connectivity index (χ1) is 8.56. The fourth-order valence-corrected chi connectivity index (χ4v) is 2.89. The topological polar surface area (TPSA) is 49.4 Å². The molecule has 20 heavy (non-hydrogen) atoms. The van der Waals surface area contributed by atoms with Crippen LogP contribution in [0.5, 0.6) is 0 Å². The van der Waals surface area contributed by atoms with Crippen LogP contribution in [0.2, 0.25) is 0 Å². The summed E-state index contributed by atoms with van der Waals surface area (Å²) >= 11 is 0. The van der Waals surface area contributed by atoms with E-state index in [4.69, 9.17) is 7.98 Å². The summed E-state index contributed by atoms with van der Waals surface area (Å²) in [6, 6.07) is -0.776. The van der Waals surface area contributed by atoms with Gasteiger partial charge in [0, 0.05) is 38.8 Å². The first-order valence-corrected chi connectivity index (χ1v) is 6.33. The first kappa shape index (κ1) is 20.0. The average Bonchev–Trinajstić information content (AvgIpc) is 2.63. The van der Waals surface area contributed by atoms with E-state index in [2.05, 4.69) is 18.2 Å². The Morgan fingerprint density at radius 1 is 1.45 bits per heavy atom. The predicted octanol–water partition coefficient (Wildman–Crippen LogP) is 0.835. The van der Waals surface area contributed by atoms with Crippen LogP contribution in [0.3, 0.4) is 0 Å². The van der Waals surface area contributed by atoms with Crippen molar-refractivity contribution in [3.05, 3.63) is 26.5 Å². The maximum absolute atomic E-state index is 12.4. The molecular weight excluding hydrogens is 328 g/mol. The second-order valence-electron chi connectivity index (χ2n) is 5.10. The van der Waals surface area contributed by atoms with Crippen LogP contribution in [-0.4, -0.2) is 42.7 Å². The van der Waals surface area contributed by atoms with Gasteiger partial charge in [0.1, 0.15) is 0 Å². The van der Waals surface area contributed by atoms with Gasteiger partial charge in [0.05, 0.1) is 12.1 Å². The molecular formula is C14H21BN2O2Y-2. The molecule has 6 heteroatoms. The monoisotopic (exact) mass is 349 g/mol. The summed E-state index contributed by atoms with van der Waals surface area (Å²) < 4.78 is 0. The van der Waals surface area contributed by atoms with Crippen LogP contribution >= 0.6 is 0 Å². The second-order valence-corrected chi connectivity index (χ2v) is 5.10. The van der Waals surface area contributed by atoms with Gasteiger partial charge in [-0.2, -0.15) is 0 Å². The van der Waals surface area contributed by atoms with E-state index in [0.29, 0.717) is 12.8 Å². The Balaban J connectivity index is 0.00000180. The van der Waals surface area contributed by atoms with Gasteiger partial charge in [0.15, 0.2) is 13.8 Å². The van der Waals surface area contributed by atoms with Crippen molar-refractivity contribution in [3.8, 4) is 0 Å². The quantitative estimate of drug-likeness (QED) is 0.457. The molecule has 1 saturated heterocycles. The molecule has 2 aliphatic heterocycles. The van der Waals surface area contributed by atoms with Crippen LogP contribution in [0.1, 0.15) is 26.2 Å². The van der Waals surface area contributed by atoms with Gasteiger partial charge >= 0.3 is 0 Å². The van der Waals surface area contributed by atoms with Gasteiger partial charge in [0.2, 0.25) is 5.91 Å². The van der Waals surface area contributed by atoms with E-state index < -0.39 is 6.04 Å². The number of carbonyl (C=O) groups is 2. The van der Waals surface area contributed by atoms with Crippen molar-refractivity contribution in [2.45, 2.75) is 44.3 Å². The molecule has 2 aliphatic rings. The largest absolute Gasteiger partial charge is 0.358 e. The number of nitrogens with one attached hydrogen (secondary N) is 1. The summed E-state index contributed by atoms with van der Waals surface area (Å²) in [4.78, 5) is 25.8. The van der Waals surface area contributed by atoms with Crippen LogP contribution in [0.15, 0.2) is 12.2 Å².